The van der Waals surface area contributed by atoms with Gasteiger partial charge in [-0.1, -0.05) is 70.5 Å². The number of alkyl halides is 1. The minimum absolute atomic E-state index is 0.0501. The number of nitrogens with one attached hydrogen (secondary N) is 2. The molecule has 0 fully saturated rings. The number of rotatable bonds is 8. The second-order valence-corrected chi connectivity index (χ2v) is 8.60. The highest BCUT2D eigenvalue weighted by molar-refractivity contribution is 9.09. The van der Waals surface area contributed by atoms with Crippen molar-refractivity contribution in [3.8, 4) is 0 Å². The Bertz CT molecular complexity index is 1020. The van der Waals surface area contributed by atoms with Crippen LogP contribution in [-0.2, 0) is 10.0 Å². The molecule has 0 aliphatic heterocycles. The van der Waals surface area contributed by atoms with E-state index in [9.17, 15) is 8.42 Å². The first-order chi connectivity index (χ1) is 13.1. The normalized spacial score (nSPS) is 13.2. The van der Waals surface area contributed by atoms with Crippen molar-refractivity contribution in [1.82, 2.24) is 15.0 Å². The van der Waals surface area contributed by atoms with Crippen molar-refractivity contribution in [2.75, 3.05) is 13.1 Å². The van der Waals surface area contributed by atoms with E-state index in [-0.39, 0.29) is 16.4 Å². The van der Waals surface area contributed by atoms with Crippen LogP contribution in [0.2, 0.25) is 0 Å². The summed E-state index contributed by atoms with van der Waals surface area (Å²) >= 11 is 3.51. The van der Waals surface area contributed by atoms with E-state index < -0.39 is 10.0 Å². The molecule has 0 aliphatic carbocycles. The van der Waals surface area contributed by atoms with Crippen LogP contribution in [-0.4, -0.2) is 31.4 Å². The first kappa shape index (κ1) is 19.7. The average Bonchev–Trinajstić information content (AvgIpc) is 2.70. The molecule has 7 heteroatoms. The number of fused-ring (bicyclic) bond motifs is 1. The van der Waals surface area contributed by atoms with Crippen LogP contribution in [0, 0.1) is 0 Å². The number of halogens is 1. The van der Waals surface area contributed by atoms with Crippen molar-refractivity contribution in [2.45, 2.75) is 9.85 Å². The van der Waals surface area contributed by atoms with Crippen LogP contribution in [0.25, 0.3) is 16.8 Å². The Balaban J connectivity index is 1.54. The summed E-state index contributed by atoms with van der Waals surface area (Å²) in [5.41, 5.74) is 1.11. The van der Waals surface area contributed by atoms with E-state index in [1.807, 2.05) is 48.6 Å². The van der Waals surface area contributed by atoms with E-state index in [1.165, 1.54) is 0 Å². The van der Waals surface area contributed by atoms with E-state index >= 15 is 0 Å². The highest BCUT2D eigenvalue weighted by Gasteiger charge is 2.16. The second-order valence-electron chi connectivity index (χ2n) is 5.88. The molecule has 27 heavy (non-hydrogen) atoms. The number of aromatic nitrogens is 1. The van der Waals surface area contributed by atoms with Gasteiger partial charge in [0.2, 0.25) is 10.0 Å². The third-order valence-corrected chi connectivity index (χ3v) is 6.09. The molecule has 0 saturated carbocycles. The highest BCUT2D eigenvalue weighted by Crippen LogP contribution is 2.21. The van der Waals surface area contributed by atoms with Gasteiger partial charge in [0.25, 0.3) is 0 Å². The maximum Gasteiger partial charge on any atom is 0.241 e. The Morgan fingerprint density at radius 2 is 1.85 bits per heavy atom. The molecule has 0 unspecified atom stereocenters. The fourth-order valence-corrected chi connectivity index (χ4v) is 4.27. The van der Waals surface area contributed by atoms with Crippen molar-refractivity contribution < 1.29 is 8.42 Å². The summed E-state index contributed by atoms with van der Waals surface area (Å²) < 4.78 is 27.9. The zero-order chi connectivity index (χ0) is 19.1. The largest absolute Gasteiger partial charge is 0.300 e. The molecule has 0 bridgehead atoms. The van der Waals surface area contributed by atoms with Crippen molar-refractivity contribution in [3.63, 3.8) is 0 Å². The maximum absolute atomic E-state index is 12.6. The van der Waals surface area contributed by atoms with E-state index in [0.29, 0.717) is 11.9 Å². The zero-order valence-electron chi connectivity index (χ0n) is 14.5. The summed E-state index contributed by atoms with van der Waals surface area (Å²) in [6, 6.07) is 16.9. The number of nitrogens with zero attached hydrogens (tertiary/aromatic N) is 1. The highest BCUT2D eigenvalue weighted by atomic mass is 79.9. The van der Waals surface area contributed by atoms with Gasteiger partial charge in [-0.15, -0.1) is 0 Å². The lowest BCUT2D eigenvalue weighted by Crippen LogP contribution is -2.34. The quantitative estimate of drug-likeness (QED) is 0.316. The van der Waals surface area contributed by atoms with Crippen molar-refractivity contribution in [1.29, 1.82) is 0 Å². The molecule has 1 heterocycles. The zero-order valence-corrected chi connectivity index (χ0v) is 16.9. The molecule has 1 aromatic heterocycles. The van der Waals surface area contributed by atoms with Gasteiger partial charge in [0.05, 0.1) is 9.85 Å². The predicted molar refractivity (Wildman–Crippen MR) is 113 cm³/mol. The summed E-state index contributed by atoms with van der Waals surface area (Å²) in [6.07, 6.45) is 7.23. The lowest BCUT2D eigenvalue weighted by atomic mass is 10.2. The number of benzene rings is 2. The first-order valence-corrected chi connectivity index (χ1v) is 10.9. The van der Waals surface area contributed by atoms with Crippen LogP contribution in [0.15, 0.2) is 78.0 Å². The molecule has 2 aromatic carbocycles. The molecular weight excluding hydrogens is 426 g/mol. The summed E-state index contributed by atoms with van der Waals surface area (Å²) in [5, 5.41) is 4.67. The summed E-state index contributed by atoms with van der Waals surface area (Å²) in [5.74, 6) is 0. The molecule has 0 radical (unpaired) electrons. The van der Waals surface area contributed by atoms with Crippen LogP contribution in [0.5, 0.6) is 0 Å². The molecule has 0 spiro atoms. The van der Waals surface area contributed by atoms with Crippen molar-refractivity contribution >= 4 is 42.8 Å². The molecule has 140 valence electrons. The molecule has 2 N–H and O–H groups in total. The van der Waals surface area contributed by atoms with Gasteiger partial charge in [0, 0.05) is 36.3 Å². The summed E-state index contributed by atoms with van der Waals surface area (Å²) in [6.45, 7) is 0.770. The smallest absolute Gasteiger partial charge is 0.241 e. The van der Waals surface area contributed by atoms with E-state index in [2.05, 4.69) is 31.0 Å². The summed E-state index contributed by atoms with van der Waals surface area (Å²) in [4.78, 5) is 4.25. The van der Waals surface area contributed by atoms with Crippen molar-refractivity contribution in [3.05, 3.63) is 78.6 Å². The Labute approximate surface area is 167 Å². The Hall–Kier alpha value is -2.06. The van der Waals surface area contributed by atoms with Gasteiger partial charge in [-0.25, -0.2) is 13.1 Å². The van der Waals surface area contributed by atoms with Gasteiger partial charge in [0.1, 0.15) is 0 Å². The van der Waals surface area contributed by atoms with Gasteiger partial charge < -0.3 is 5.32 Å². The molecule has 0 aliphatic rings. The lowest BCUT2D eigenvalue weighted by Gasteiger charge is -2.11. The number of hydrogen-bond donors (Lipinski definition) is 2. The SMILES string of the molecule is O=S(=O)(NCCN[C@H](Br)C=Cc1ccccc1)c1cccc2cnccc12. The molecule has 3 rings (SSSR count). The van der Waals surface area contributed by atoms with Gasteiger partial charge in [-0.05, 0) is 17.7 Å². The number of sulfonamides is 1. The number of pyridine rings is 1. The molecule has 5 nitrogen and oxygen atoms in total. The minimum atomic E-state index is -3.59. The topological polar surface area (TPSA) is 71.1 Å². The monoisotopic (exact) mass is 445 g/mol. The van der Waals surface area contributed by atoms with Gasteiger partial charge >= 0.3 is 0 Å². The summed E-state index contributed by atoms with van der Waals surface area (Å²) in [7, 11) is -3.59. The molecule has 3 aromatic rings. The Kier molecular flexibility index (Phi) is 6.73. The average molecular weight is 446 g/mol. The maximum atomic E-state index is 12.6. The standard InChI is InChI=1S/C20H20BrN3O2S/c21-20(10-9-16-5-2-1-3-6-16)23-13-14-24-27(25,26)19-8-4-7-17-15-22-12-11-18(17)19/h1-12,15,20,23-24H,13-14H2/t20-/m0/s1. The van der Waals surface area contributed by atoms with Crippen molar-refractivity contribution in [2.24, 2.45) is 0 Å². The first-order valence-electron chi connectivity index (χ1n) is 8.49. The molecule has 0 saturated heterocycles. The van der Waals surface area contributed by atoms with Crippen LogP contribution >= 0.6 is 15.9 Å². The minimum Gasteiger partial charge on any atom is -0.300 e. The third-order valence-electron chi connectivity index (χ3n) is 3.94. The van der Waals surface area contributed by atoms with Crippen LogP contribution in [0.1, 0.15) is 5.56 Å². The molecular formula is C20H20BrN3O2S. The van der Waals surface area contributed by atoms with Gasteiger partial charge in [-0.2, -0.15) is 0 Å². The van der Waals surface area contributed by atoms with Gasteiger partial charge in [0.15, 0.2) is 0 Å². The van der Waals surface area contributed by atoms with Crippen LogP contribution in [0.3, 0.4) is 0 Å². The van der Waals surface area contributed by atoms with Crippen LogP contribution < -0.4 is 10.0 Å². The predicted octanol–water partition coefficient (Wildman–Crippen LogP) is 3.54. The Morgan fingerprint density at radius 3 is 2.67 bits per heavy atom. The van der Waals surface area contributed by atoms with E-state index in [0.717, 1.165) is 10.9 Å². The second kappa shape index (κ2) is 9.23. The lowest BCUT2D eigenvalue weighted by molar-refractivity contribution is 0.578. The fourth-order valence-electron chi connectivity index (χ4n) is 2.63. The van der Waals surface area contributed by atoms with Gasteiger partial charge in [-0.3, -0.25) is 4.98 Å². The third kappa shape index (κ3) is 5.46. The van der Waals surface area contributed by atoms with E-state index in [1.54, 1.807) is 30.6 Å². The van der Waals surface area contributed by atoms with E-state index in [4.69, 9.17) is 0 Å². The van der Waals surface area contributed by atoms with Crippen LogP contribution in [0.4, 0.5) is 0 Å². The Morgan fingerprint density at radius 1 is 1.04 bits per heavy atom. The fraction of sp³-hybridized carbons (Fsp3) is 0.150. The molecule has 0 amide bonds. The number of hydrogen-bond acceptors (Lipinski definition) is 4. The molecule has 1 atom stereocenters.